The van der Waals surface area contributed by atoms with E-state index in [1.165, 1.54) is 28.6 Å². The first kappa shape index (κ1) is 20.9. The normalized spacial score (nSPS) is 16.7. The van der Waals surface area contributed by atoms with Gasteiger partial charge in [0.15, 0.2) is 6.10 Å². The molecule has 0 spiro atoms. The number of hydrogen-bond acceptors (Lipinski definition) is 4. The highest BCUT2D eigenvalue weighted by Gasteiger charge is 2.37. The van der Waals surface area contributed by atoms with Gasteiger partial charge in [-0.05, 0) is 48.9 Å². The standard InChI is InChI=1S/C23H21FN2O4S/c1-16(17-11-13-18(24)14-12-17)25-23(27)22-15-26(20-9-5-6-10-21(20)30-22)31(28,29)19-7-3-2-4-8-19/h2-14,16,22H,15H2,1H3,(H,25,27)/t16-,22-/m0/s1. The Morgan fingerprint density at radius 3 is 2.39 bits per heavy atom. The van der Waals surface area contributed by atoms with Crippen LogP contribution in [0.5, 0.6) is 5.75 Å². The van der Waals surface area contributed by atoms with E-state index in [2.05, 4.69) is 5.32 Å². The lowest BCUT2D eigenvalue weighted by Gasteiger charge is -2.35. The Labute approximate surface area is 180 Å². The van der Waals surface area contributed by atoms with Crippen molar-refractivity contribution in [2.45, 2.75) is 24.0 Å². The smallest absolute Gasteiger partial charge is 0.264 e. The van der Waals surface area contributed by atoms with Crippen molar-refractivity contribution in [1.82, 2.24) is 5.32 Å². The Hall–Kier alpha value is -3.39. The third-order valence-corrected chi connectivity index (χ3v) is 6.88. The number of rotatable bonds is 5. The molecule has 3 aromatic carbocycles. The third-order valence-electron chi connectivity index (χ3n) is 5.09. The molecule has 0 aromatic heterocycles. The van der Waals surface area contributed by atoms with Gasteiger partial charge in [0, 0.05) is 0 Å². The van der Waals surface area contributed by atoms with Crippen molar-refractivity contribution in [3.05, 3.63) is 90.2 Å². The summed E-state index contributed by atoms with van der Waals surface area (Å²) >= 11 is 0. The third kappa shape index (κ3) is 4.25. The number of amides is 1. The molecule has 0 saturated heterocycles. The molecule has 3 aromatic rings. The number of anilines is 1. The molecule has 2 atom stereocenters. The first-order chi connectivity index (χ1) is 14.9. The van der Waals surface area contributed by atoms with E-state index in [1.54, 1.807) is 61.5 Å². The highest BCUT2D eigenvalue weighted by atomic mass is 32.2. The molecule has 1 aliphatic heterocycles. The zero-order valence-corrected chi connectivity index (χ0v) is 17.6. The summed E-state index contributed by atoms with van der Waals surface area (Å²) in [5.41, 5.74) is 1.10. The predicted octanol–water partition coefficient (Wildman–Crippen LogP) is 3.66. The lowest BCUT2D eigenvalue weighted by Crippen LogP contribution is -2.51. The first-order valence-corrected chi connectivity index (χ1v) is 11.2. The van der Waals surface area contributed by atoms with Gasteiger partial charge < -0.3 is 10.1 Å². The fourth-order valence-electron chi connectivity index (χ4n) is 3.43. The number of ether oxygens (including phenoxy) is 1. The van der Waals surface area contributed by atoms with Crippen LogP contribution >= 0.6 is 0 Å². The van der Waals surface area contributed by atoms with Gasteiger partial charge in [0.1, 0.15) is 11.6 Å². The fraction of sp³-hybridized carbons (Fsp3) is 0.174. The summed E-state index contributed by atoms with van der Waals surface area (Å²) in [5, 5.41) is 2.82. The van der Waals surface area contributed by atoms with Crippen LogP contribution in [0, 0.1) is 5.82 Å². The molecule has 1 aliphatic rings. The largest absolute Gasteiger partial charge is 0.476 e. The molecule has 1 amide bonds. The number of nitrogens with zero attached hydrogens (tertiary/aromatic N) is 1. The van der Waals surface area contributed by atoms with Crippen molar-refractivity contribution >= 4 is 21.6 Å². The van der Waals surface area contributed by atoms with Gasteiger partial charge in [-0.1, -0.05) is 42.5 Å². The van der Waals surface area contributed by atoms with Gasteiger partial charge in [0.25, 0.3) is 15.9 Å². The second kappa shape index (κ2) is 8.39. The molecular weight excluding hydrogens is 419 g/mol. The van der Waals surface area contributed by atoms with Gasteiger partial charge >= 0.3 is 0 Å². The summed E-state index contributed by atoms with van der Waals surface area (Å²) in [5.74, 6) is -0.515. The highest BCUT2D eigenvalue weighted by Crippen LogP contribution is 2.36. The fourth-order valence-corrected chi connectivity index (χ4v) is 4.92. The van der Waals surface area contributed by atoms with Gasteiger partial charge in [-0.2, -0.15) is 0 Å². The number of hydrogen-bond donors (Lipinski definition) is 1. The summed E-state index contributed by atoms with van der Waals surface area (Å²) in [4.78, 5) is 13.1. The monoisotopic (exact) mass is 440 g/mol. The summed E-state index contributed by atoms with van der Waals surface area (Å²) in [6, 6.07) is 20.2. The summed E-state index contributed by atoms with van der Waals surface area (Å²) in [7, 11) is -3.90. The van der Waals surface area contributed by atoms with Gasteiger partial charge in [-0.15, -0.1) is 0 Å². The van der Waals surface area contributed by atoms with E-state index in [4.69, 9.17) is 4.74 Å². The Morgan fingerprint density at radius 1 is 1.03 bits per heavy atom. The molecule has 1 N–H and O–H groups in total. The topological polar surface area (TPSA) is 75.7 Å². The molecule has 0 aliphatic carbocycles. The second-order valence-corrected chi connectivity index (χ2v) is 9.07. The van der Waals surface area contributed by atoms with E-state index in [0.717, 1.165) is 5.56 Å². The molecule has 0 fully saturated rings. The minimum absolute atomic E-state index is 0.130. The van der Waals surface area contributed by atoms with Crippen LogP contribution in [0.1, 0.15) is 18.5 Å². The van der Waals surface area contributed by atoms with Crippen molar-refractivity contribution in [1.29, 1.82) is 0 Å². The zero-order chi connectivity index (χ0) is 22.0. The number of fused-ring (bicyclic) bond motifs is 1. The highest BCUT2D eigenvalue weighted by molar-refractivity contribution is 7.92. The molecule has 31 heavy (non-hydrogen) atoms. The first-order valence-electron chi connectivity index (χ1n) is 9.75. The minimum atomic E-state index is -3.90. The van der Waals surface area contributed by atoms with Crippen LogP contribution in [0.3, 0.4) is 0 Å². The molecule has 4 rings (SSSR count). The summed E-state index contributed by atoms with van der Waals surface area (Å²) in [6.07, 6.45) is -1.05. The molecule has 8 heteroatoms. The predicted molar refractivity (Wildman–Crippen MR) is 115 cm³/mol. The Morgan fingerprint density at radius 2 is 1.68 bits per heavy atom. The van der Waals surface area contributed by atoms with E-state index in [0.29, 0.717) is 11.4 Å². The van der Waals surface area contributed by atoms with Crippen LogP contribution in [0.4, 0.5) is 10.1 Å². The number of carbonyl (C=O) groups excluding carboxylic acids is 1. The van der Waals surface area contributed by atoms with E-state index in [1.807, 2.05) is 0 Å². The second-order valence-electron chi connectivity index (χ2n) is 7.21. The number of para-hydroxylation sites is 2. The van der Waals surface area contributed by atoms with Crippen LogP contribution in [0.2, 0.25) is 0 Å². The molecule has 1 heterocycles. The van der Waals surface area contributed by atoms with Crippen LogP contribution in [0.25, 0.3) is 0 Å². The van der Waals surface area contributed by atoms with Crippen molar-refractivity contribution in [2.75, 3.05) is 10.8 Å². The molecule has 160 valence electrons. The van der Waals surface area contributed by atoms with Gasteiger partial charge in [0.05, 0.1) is 23.2 Å². The average molecular weight is 440 g/mol. The van der Waals surface area contributed by atoms with Crippen molar-refractivity contribution in [2.24, 2.45) is 0 Å². The maximum Gasteiger partial charge on any atom is 0.264 e. The Kier molecular flexibility index (Phi) is 5.65. The summed E-state index contributed by atoms with van der Waals surface area (Å²) in [6.45, 7) is 1.59. The zero-order valence-electron chi connectivity index (χ0n) is 16.7. The molecule has 6 nitrogen and oxygen atoms in total. The van der Waals surface area contributed by atoms with Crippen molar-refractivity contribution < 1.29 is 22.3 Å². The average Bonchev–Trinajstić information content (AvgIpc) is 2.79. The van der Waals surface area contributed by atoms with Crippen molar-refractivity contribution in [3.8, 4) is 5.75 Å². The SMILES string of the molecule is C[C@H](NC(=O)[C@@H]1CN(S(=O)(=O)c2ccccc2)c2ccccc2O1)c1ccc(F)cc1. The molecule has 0 bridgehead atoms. The van der Waals surface area contributed by atoms with Gasteiger partial charge in [0.2, 0.25) is 0 Å². The number of benzene rings is 3. The quantitative estimate of drug-likeness (QED) is 0.657. The lowest BCUT2D eigenvalue weighted by atomic mass is 10.1. The number of carbonyl (C=O) groups is 1. The van der Waals surface area contributed by atoms with Crippen LogP contribution in [-0.4, -0.2) is 27.0 Å². The maximum absolute atomic E-state index is 13.3. The van der Waals surface area contributed by atoms with E-state index in [9.17, 15) is 17.6 Å². The molecule has 0 saturated carbocycles. The van der Waals surface area contributed by atoms with Crippen LogP contribution in [-0.2, 0) is 14.8 Å². The van der Waals surface area contributed by atoms with E-state index >= 15 is 0 Å². The number of halogens is 1. The Bertz CT molecular complexity index is 1180. The number of nitrogens with one attached hydrogen (secondary N) is 1. The molecule has 0 radical (unpaired) electrons. The van der Waals surface area contributed by atoms with E-state index < -0.39 is 28.1 Å². The van der Waals surface area contributed by atoms with Crippen LogP contribution < -0.4 is 14.4 Å². The Balaban J connectivity index is 1.60. The number of sulfonamides is 1. The maximum atomic E-state index is 13.3. The molecule has 0 unspecified atom stereocenters. The molecular formula is C23H21FN2O4S. The summed E-state index contributed by atoms with van der Waals surface area (Å²) < 4.78 is 46.8. The van der Waals surface area contributed by atoms with Crippen molar-refractivity contribution in [3.63, 3.8) is 0 Å². The van der Waals surface area contributed by atoms with Gasteiger partial charge in [-0.3, -0.25) is 9.10 Å². The lowest BCUT2D eigenvalue weighted by molar-refractivity contribution is -0.128. The van der Waals surface area contributed by atoms with Crippen LogP contribution in [0.15, 0.2) is 83.8 Å². The van der Waals surface area contributed by atoms with E-state index in [-0.39, 0.29) is 17.3 Å². The van der Waals surface area contributed by atoms with Gasteiger partial charge in [-0.25, -0.2) is 12.8 Å². The minimum Gasteiger partial charge on any atom is -0.476 e.